The molecule has 0 aliphatic carbocycles. The number of nitrogen functional groups attached to an aromatic ring is 2. The Hall–Kier alpha value is -1.31. The number of nitrogens with zero attached hydrogens (tertiary/aromatic N) is 3. The van der Waals surface area contributed by atoms with Gasteiger partial charge in [0.25, 0.3) is 0 Å². The van der Waals surface area contributed by atoms with Crippen LogP contribution in [0.5, 0.6) is 0 Å². The molecule has 0 fully saturated rings. The number of rotatable bonds is 1. The SMILES string of the molecule is Nc1ccc(-n2cc(I)cn2)nc1N. The van der Waals surface area contributed by atoms with Gasteiger partial charge >= 0.3 is 0 Å². The highest BCUT2D eigenvalue weighted by atomic mass is 127. The summed E-state index contributed by atoms with van der Waals surface area (Å²) < 4.78 is 2.69. The predicted octanol–water partition coefficient (Wildman–Crippen LogP) is 1.04. The Morgan fingerprint density at radius 3 is 2.64 bits per heavy atom. The average Bonchev–Trinajstić information content (AvgIpc) is 2.57. The maximum absolute atomic E-state index is 5.59. The van der Waals surface area contributed by atoms with Gasteiger partial charge in [-0.2, -0.15) is 5.10 Å². The maximum Gasteiger partial charge on any atom is 0.155 e. The topological polar surface area (TPSA) is 82.8 Å². The number of pyridine rings is 1. The summed E-state index contributed by atoms with van der Waals surface area (Å²) in [5, 5.41) is 4.11. The van der Waals surface area contributed by atoms with E-state index in [0.29, 0.717) is 17.3 Å². The first kappa shape index (κ1) is 9.25. The molecule has 0 amide bonds. The molecule has 0 bridgehead atoms. The van der Waals surface area contributed by atoms with Crippen LogP contribution in [0.2, 0.25) is 0 Å². The Labute approximate surface area is 94.3 Å². The van der Waals surface area contributed by atoms with E-state index in [1.165, 1.54) is 0 Å². The van der Waals surface area contributed by atoms with Gasteiger partial charge in [-0.15, -0.1) is 0 Å². The van der Waals surface area contributed by atoms with Gasteiger partial charge in [-0.05, 0) is 34.7 Å². The molecule has 0 aliphatic rings. The van der Waals surface area contributed by atoms with E-state index in [1.807, 2.05) is 6.20 Å². The third kappa shape index (κ3) is 1.65. The first-order chi connectivity index (χ1) is 6.66. The second-order valence-electron chi connectivity index (χ2n) is 2.75. The monoisotopic (exact) mass is 301 g/mol. The van der Waals surface area contributed by atoms with Crippen LogP contribution >= 0.6 is 22.6 Å². The van der Waals surface area contributed by atoms with E-state index in [-0.39, 0.29) is 0 Å². The first-order valence-corrected chi connectivity index (χ1v) is 4.97. The number of aromatic nitrogens is 3. The zero-order valence-electron chi connectivity index (χ0n) is 7.18. The van der Waals surface area contributed by atoms with Crippen LogP contribution in [-0.2, 0) is 0 Å². The molecule has 4 N–H and O–H groups in total. The summed E-state index contributed by atoms with van der Waals surface area (Å²) in [7, 11) is 0. The third-order valence-electron chi connectivity index (χ3n) is 1.73. The smallest absolute Gasteiger partial charge is 0.155 e. The van der Waals surface area contributed by atoms with Crippen LogP contribution in [0, 0.1) is 3.57 Å². The van der Waals surface area contributed by atoms with Crippen molar-refractivity contribution in [1.82, 2.24) is 14.8 Å². The molecule has 2 rings (SSSR count). The van der Waals surface area contributed by atoms with Crippen LogP contribution in [0.1, 0.15) is 0 Å². The second kappa shape index (κ2) is 3.45. The molecule has 0 radical (unpaired) electrons. The molecule has 0 saturated carbocycles. The third-order valence-corrected chi connectivity index (χ3v) is 2.29. The van der Waals surface area contributed by atoms with Gasteiger partial charge < -0.3 is 11.5 Å². The lowest BCUT2D eigenvalue weighted by molar-refractivity contribution is 0.849. The van der Waals surface area contributed by atoms with Gasteiger partial charge in [0.15, 0.2) is 5.82 Å². The average molecular weight is 301 g/mol. The summed E-state index contributed by atoms with van der Waals surface area (Å²) in [4.78, 5) is 4.11. The summed E-state index contributed by atoms with van der Waals surface area (Å²) in [5.41, 5.74) is 11.6. The van der Waals surface area contributed by atoms with E-state index >= 15 is 0 Å². The molecule has 0 unspecified atom stereocenters. The quantitative estimate of drug-likeness (QED) is 0.771. The van der Waals surface area contributed by atoms with Crippen molar-refractivity contribution in [3.8, 4) is 5.82 Å². The van der Waals surface area contributed by atoms with Gasteiger partial charge in [-0.25, -0.2) is 9.67 Å². The molecule has 0 spiro atoms. The zero-order chi connectivity index (χ0) is 10.1. The molecule has 72 valence electrons. The van der Waals surface area contributed by atoms with Crippen LogP contribution in [0.15, 0.2) is 24.5 Å². The van der Waals surface area contributed by atoms with Gasteiger partial charge in [-0.3, -0.25) is 0 Å². The lowest BCUT2D eigenvalue weighted by Crippen LogP contribution is -2.03. The molecule has 2 aromatic rings. The van der Waals surface area contributed by atoms with Crippen molar-refractivity contribution in [1.29, 1.82) is 0 Å². The Balaban J connectivity index is 2.47. The molecule has 0 atom stereocenters. The minimum absolute atomic E-state index is 0.327. The minimum atomic E-state index is 0.327. The summed E-state index contributed by atoms with van der Waals surface area (Å²) in [6.45, 7) is 0. The lowest BCUT2D eigenvalue weighted by atomic mass is 10.4. The molecule has 0 saturated heterocycles. The number of hydrogen-bond donors (Lipinski definition) is 2. The molecule has 14 heavy (non-hydrogen) atoms. The van der Waals surface area contributed by atoms with E-state index in [2.05, 4.69) is 32.7 Å². The molecule has 0 aliphatic heterocycles. The predicted molar refractivity (Wildman–Crippen MR) is 62.9 cm³/mol. The van der Waals surface area contributed by atoms with Crippen molar-refractivity contribution in [3.05, 3.63) is 28.1 Å². The second-order valence-corrected chi connectivity index (χ2v) is 3.99. The molecule has 0 aromatic carbocycles. The Kier molecular flexibility index (Phi) is 2.28. The van der Waals surface area contributed by atoms with Gasteiger partial charge in [0.1, 0.15) is 5.82 Å². The highest BCUT2D eigenvalue weighted by molar-refractivity contribution is 14.1. The maximum atomic E-state index is 5.59. The van der Waals surface area contributed by atoms with Gasteiger partial charge in [-0.1, -0.05) is 0 Å². The molecule has 6 heteroatoms. The summed E-state index contributed by atoms with van der Waals surface area (Å²) in [5.74, 6) is 0.993. The van der Waals surface area contributed by atoms with Crippen molar-refractivity contribution in [3.63, 3.8) is 0 Å². The van der Waals surface area contributed by atoms with Gasteiger partial charge in [0, 0.05) is 6.20 Å². The van der Waals surface area contributed by atoms with E-state index < -0.39 is 0 Å². The normalized spacial score (nSPS) is 10.4. The van der Waals surface area contributed by atoms with E-state index in [1.54, 1.807) is 23.0 Å². The van der Waals surface area contributed by atoms with Crippen molar-refractivity contribution in [2.24, 2.45) is 0 Å². The van der Waals surface area contributed by atoms with Crippen LogP contribution < -0.4 is 11.5 Å². The molecule has 2 heterocycles. The van der Waals surface area contributed by atoms with Crippen molar-refractivity contribution in [2.75, 3.05) is 11.5 Å². The van der Waals surface area contributed by atoms with Crippen molar-refractivity contribution in [2.45, 2.75) is 0 Å². The first-order valence-electron chi connectivity index (χ1n) is 3.89. The van der Waals surface area contributed by atoms with Gasteiger partial charge in [0.05, 0.1) is 15.5 Å². The fraction of sp³-hybridized carbons (Fsp3) is 0. The van der Waals surface area contributed by atoms with E-state index in [0.717, 1.165) is 3.57 Å². The van der Waals surface area contributed by atoms with Crippen molar-refractivity contribution < 1.29 is 0 Å². The fourth-order valence-corrected chi connectivity index (χ4v) is 1.42. The Morgan fingerprint density at radius 1 is 1.29 bits per heavy atom. The fourth-order valence-electron chi connectivity index (χ4n) is 1.03. The van der Waals surface area contributed by atoms with Crippen LogP contribution in [0.4, 0.5) is 11.5 Å². The van der Waals surface area contributed by atoms with Crippen LogP contribution in [0.25, 0.3) is 5.82 Å². The summed E-state index contributed by atoms with van der Waals surface area (Å²) >= 11 is 2.18. The summed E-state index contributed by atoms with van der Waals surface area (Å²) in [6, 6.07) is 3.49. The minimum Gasteiger partial charge on any atom is -0.396 e. The largest absolute Gasteiger partial charge is 0.396 e. The van der Waals surface area contributed by atoms with Gasteiger partial charge in [0.2, 0.25) is 0 Å². The molecule has 5 nitrogen and oxygen atoms in total. The number of anilines is 2. The number of halogens is 1. The van der Waals surface area contributed by atoms with E-state index in [4.69, 9.17) is 11.5 Å². The zero-order valence-corrected chi connectivity index (χ0v) is 9.34. The van der Waals surface area contributed by atoms with Crippen molar-refractivity contribution >= 4 is 34.1 Å². The number of nitrogens with two attached hydrogens (primary N) is 2. The molecule has 2 aromatic heterocycles. The standard InChI is InChI=1S/C8H8IN5/c9-5-3-12-14(4-5)7-2-1-6(10)8(11)13-7/h1-4H,10H2,(H2,11,13). The molecular formula is C8H8IN5. The Morgan fingerprint density at radius 2 is 2.07 bits per heavy atom. The highest BCUT2D eigenvalue weighted by Crippen LogP contribution is 2.14. The highest BCUT2D eigenvalue weighted by Gasteiger charge is 2.02. The number of hydrogen-bond acceptors (Lipinski definition) is 4. The van der Waals surface area contributed by atoms with E-state index in [9.17, 15) is 0 Å². The van der Waals surface area contributed by atoms with Crippen LogP contribution in [-0.4, -0.2) is 14.8 Å². The lowest BCUT2D eigenvalue weighted by Gasteiger charge is -2.02. The van der Waals surface area contributed by atoms with Crippen LogP contribution in [0.3, 0.4) is 0 Å². The summed E-state index contributed by atoms with van der Waals surface area (Å²) in [6.07, 6.45) is 3.60. The molecular weight excluding hydrogens is 293 g/mol. The Bertz CT molecular complexity index is 465.